The zero-order valence-electron chi connectivity index (χ0n) is 15.2. The lowest BCUT2D eigenvalue weighted by Gasteiger charge is -2.11. The van der Waals surface area contributed by atoms with E-state index in [9.17, 15) is 0 Å². The molecule has 0 saturated heterocycles. The fraction of sp³-hybridized carbons (Fsp3) is 0.421. The summed E-state index contributed by atoms with van der Waals surface area (Å²) < 4.78 is 10.5. The summed E-state index contributed by atoms with van der Waals surface area (Å²) in [6, 6.07) is 10.2. The van der Waals surface area contributed by atoms with E-state index >= 15 is 0 Å². The first-order valence-electron chi connectivity index (χ1n) is 8.48. The molecule has 1 heterocycles. The van der Waals surface area contributed by atoms with Gasteiger partial charge < -0.3 is 20.1 Å². The Balaban J connectivity index is 1.88. The van der Waals surface area contributed by atoms with Crippen molar-refractivity contribution in [3.8, 4) is 5.75 Å². The lowest BCUT2D eigenvalue weighted by Crippen LogP contribution is -2.36. The van der Waals surface area contributed by atoms with Crippen molar-refractivity contribution in [2.24, 2.45) is 4.99 Å². The largest absolute Gasteiger partial charge is 0.491 e. The number of methoxy groups -OCH3 is 1. The highest BCUT2D eigenvalue weighted by Crippen LogP contribution is 2.15. The van der Waals surface area contributed by atoms with E-state index in [-0.39, 0.29) is 0 Å². The minimum absolute atomic E-state index is 0.560. The van der Waals surface area contributed by atoms with Gasteiger partial charge in [-0.05, 0) is 48.6 Å². The van der Waals surface area contributed by atoms with Crippen LogP contribution < -0.4 is 15.4 Å². The first kappa shape index (κ1) is 19.3. The maximum atomic E-state index is 5.57. The lowest BCUT2D eigenvalue weighted by atomic mass is 10.2. The van der Waals surface area contributed by atoms with Crippen molar-refractivity contribution in [3.05, 3.63) is 51.7 Å². The summed E-state index contributed by atoms with van der Waals surface area (Å²) in [4.78, 5) is 5.99. The predicted molar refractivity (Wildman–Crippen MR) is 105 cm³/mol. The van der Waals surface area contributed by atoms with Crippen LogP contribution in [-0.4, -0.2) is 32.8 Å². The maximum Gasteiger partial charge on any atom is 0.191 e. The Labute approximate surface area is 154 Å². The van der Waals surface area contributed by atoms with Gasteiger partial charge in [0.1, 0.15) is 12.4 Å². The molecule has 0 aliphatic heterocycles. The number of guanidine groups is 1. The highest BCUT2D eigenvalue weighted by Gasteiger charge is 2.02. The molecule has 1 aromatic heterocycles. The van der Waals surface area contributed by atoms with Crippen LogP contribution in [0.1, 0.15) is 22.9 Å². The van der Waals surface area contributed by atoms with Crippen molar-refractivity contribution >= 4 is 17.3 Å². The van der Waals surface area contributed by atoms with Crippen LogP contribution in [0.2, 0.25) is 0 Å². The summed E-state index contributed by atoms with van der Waals surface area (Å²) in [7, 11) is 1.67. The van der Waals surface area contributed by atoms with E-state index in [1.165, 1.54) is 10.4 Å². The second-order valence-electron chi connectivity index (χ2n) is 5.56. The lowest BCUT2D eigenvalue weighted by molar-refractivity contribution is 0.146. The summed E-state index contributed by atoms with van der Waals surface area (Å²) in [6.07, 6.45) is 0. The van der Waals surface area contributed by atoms with E-state index in [4.69, 9.17) is 9.47 Å². The smallest absolute Gasteiger partial charge is 0.191 e. The van der Waals surface area contributed by atoms with Gasteiger partial charge in [-0.2, -0.15) is 0 Å². The molecule has 5 nitrogen and oxygen atoms in total. The zero-order valence-corrected chi connectivity index (χ0v) is 16.0. The van der Waals surface area contributed by atoms with Crippen LogP contribution in [-0.2, 0) is 17.8 Å². The molecule has 0 aliphatic carbocycles. The van der Waals surface area contributed by atoms with Gasteiger partial charge in [0.05, 0.1) is 19.7 Å². The monoisotopic (exact) mass is 361 g/mol. The van der Waals surface area contributed by atoms with Crippen LogP contribution in [0.3, 0.4) is 0 Å². The predicted octanol–water partition coefficient (Wildman–Crippen LogP) is 3.34. The van der Waals surface area contributed by atoms with E-state index in [0.29, 0.717) is 19.8 Å². The van der Waals surface area contributed by atoms with Crippen molar-refractivity contribution in [1.82, 2.24) is 10.6 Å². The fourth-order valence-electron chi connectivity index (χ4n) is 2.20. The molecule has 0 bridgehead atoms. The first-order chi connectivity index (χ1) is 12.2. The fourth-order valence-corrected chi connectivity index (χ4v) is 3.04. The van der Waals surface area contributed by atoms with Crippen LogP contribution in [0.25, 0.3) is 0 Å². The number of ether oxygens (including phenoxy) is 2. The molecule has 0 amide bonds. The van der Waals surface area contributed by atoms with Crippen molar-refractivity contribution in [1.29, 1.82) is 0 Å². The number of nitrogens with zero attached hydrogens (tertiary/aromatic N) is 1. The van der Waals surface area contributed by atoms with Gasteiger partial charge >= 0.3 is 0 Å². The standard InChI is InChI=1S/C19H27N3O2S/c1-4-20-19(22-14-18-15(2)9-12-25-18)21-13-16-5-7-17(8-6-16)24-11-10-23-3/h5-9,12H,4,10-11,13-14H2,1-3H3,(H2,20,21,22). The van der Waals surface area contributed by atoms with Gasteiger partial charge in [0.2, 0.25) is 0 Å². The molecule has 2 N–H and O–H groups in total. The van der Waals surface area contributed by atoms with Crippen LogP contribution in [0.4, 0.5) is 0 Å². The Hall–Kier alpha value is -2.05. The number of nitrogens with one attached hydrogen (secondary N) is 2. The zero-order chi connectivity index (χ0) is 17.9. The molecular weight excluding hydrogens is 334 g/mol. The van der Waals surface area contributed by atoms with Crippen molar-refractivity contribution in [2.75, 3.05) is 26.9 Å². The molecule has 2 aromatic rings. The van der Waals surface area contributed by atoms with Crippen LogP contribution >= 0.6 is 11.3 Å². The normalized spacial score (nSPS) is 11.4. The van der Waals surface area contributed by atoms with Crippen LogP contribution in [0, 0.1) is 6.92 Å². The topological polar surface area (TPSA) is 54.9 Å². The Morgan fingerprint density at radius 1 is 1.12 bits per heavy atom. The van der Waals surface area contributed by atoms with Gasteiger partial charge in [0.15, 0.2) is 5.96 Å². The van der Waals surface area contributed by atoms with Gasteiger partial charge in [0, 0.05) is 18.5 Å². The number of aryl methyl sites for hydroxylation is 1. The number of hydrogen-bond acceptors (Lipinski definition) is 4. The highest BCUT2D eigenvalue weighted by molar-refractivity contribution is 7.10. The Morgan fingerprint density at radius 2 is 1.92 bits per heavy atom. The summed E-state index contributed by atoms with van der Waals surface area (Å²) in [5.74, 6) is 1.68. The molecule has 0 unspecified atom stereocenters. The average Bonchev–Trinajstić information content (AvgIpc) is 3.04. The third-order valence-corrected chi connectivity index (χ3v) is 4.65. The van der Waals surface area contributed by atoms with Crippen molar-refractivity contribution in [3.63, 3.8) is 0 Å². The molecule has 0 radical (unpaired) electrons. The van der Waals surface area contributed by atoms with E-state index in [1.807, 2.05) is 24.3 Å². The van der Waals surface area contributed by atoms with Gasteiger partial charge in [-0.25, -0.2) is 4.99 Å². The van der Waals surface area contributed by atoms with Crippen LogP contribution in [0.5, 0.6) is 5.75 Å². The van der Waals surface area contributed by atoms with Gasteiger partial charge in [-0.15, -0.1) is 11.3 Å². The van der Waals surface area contributed by atoms with E-state index < -0.39 is 0 Å². The Morgan fingerprint density at radius 3 is 2.56 bits per heavy atom. The number of hydrogen-bond donors (Lipinski definition) is 2. The van der Waals surface area contributed by atoms with Crippen molar-refractivity contribution < 1.29 is 9.47 Å². The minimum atomic E-state index is 0.560. The number of benzene rings is 1. The SMILES string of the molecule is CCNC(=NCc1ccc(OCCOC)cc1)NCc1sccc1C. The molecule has 0 fully saturated rings. The maximum absolute atomic E-state index is 5.57. The summed E-state index contributed by atoms with van der Waals surface area (Å²) in [5, 5.41) is 8.79. The molecule has 0 aliphatic rings. The van der Waals surface area contributed by atoms with E-state index in [2.05, 4.69) is 40.9 Å². The number of thiophene rings is 1. The summed E-state index contributed by atoms with van der Waals surface area (Å²) in [6.45, 7) is 7.60. The van der Waals surface area contributed by atoms with Crippen molar-refractivity contribution in [2.45, 2.75) is 26.9 Å². The van der Waals surface area contributed by atoms with Gasteiger partial charge in [-0.3, -0.25) is 0 Å². The second kappa shape index (κ2) is 10.7. The quantitative estimate of drug-likeness (QED) is 0.409. The van der Waals surface area contributed by atoms with E-state index in [0.717, 1.165) is 30.4 Å². The summed E-state index contributed by atoms with van der Waals surface area (Å²) in [5.41, 5.74) is 2.46. The molecule has 2 rings (SSSR count). The molecule has 1 aromatic carbocycles. The minimum Gasteiger partial charge on any atom is -0.491 e. The second-order valence-corrected chi connectivity index (χ2v) is 6.56. The Kier molecular flexibility index (Phi) is 8.28. The molecule has 0 spiro atoms. The van der Waals surface area contributed by atoms with Gasteiger partial charge in [-0.1, -0.05) is 12.1 Å². The molecule has 0 atom stereocenters. The molecule has 6 heteroatoms. The molecule has 25 heavy (non-hydrogen) atoms. The molecule has 136 valence electrons. The molecule has 0 saturated carbocycles. The van der Waals surface area contributed by atoms with E-state index in [1.54, 1.807) is 18.4 Å². The highest BCUT2D eigenvalue weighted by atomic mass is 32.1. The molecular formula is C19H27N3O2S. The Bertz CT molecular complexity index is 653. The first-order valence-corrected chi connectivity index (χ1v) is 9.36. The third kappa shape index (κ3) is 6.76. The van der Waals surface area contributed by atoms with Crippen LogP contribution in [0.15, 0.2) is 40.7 Å². The number of aliphatic imine (C=N–C) groups is 1. The number of rotatable bonds is 9. The van der Waals surface area contributed by atoms with Gasteiger partial charge in [0.25, 0.3) is 0 Å². The third-order valence-electron chi connectivity index (χ3n) is 3.63. The summed E-state index contributed by atoms with van der Waals surface area (Å²) >= 11 is 1.77. The average molecular weight is 362 g/mol.